The lowest BCUT2D eigenvalue weighted by Crippen LogP contribution is -2.20. The van der Waals surface area contributed by atoms with Crippen molar-refractivity contribution in [2.24, 2.45) is 0 Å². The Morgan fingerprint density at radius 1 is 1.08 bits per heavy atom. The zero-order valence-electron chi connectivity index (χ0n) is 13.9. The predicted molar refractivity (Wildman–Crippen MR) is 97.0 cm³/mol. The predicted octanol–water partition coefficient (Wildman–Crippen LogP) is 3.76. The summed E-state index contributed by atoms with van der Waals surface area (Å²) in [5.74, 6) is 0.973. The maximum Gasteiger partial charge on any atom is 0.264 e. The Labute approximate surface area is 153 Å². The molecule has 3 aromatic rings. The lowest BCUT2D eigenvalue weighted by Gasteiger charge is -2.05. The molecule has 0 aliphatic rings. The highest BCUT2D eigenvalue weighted by molar-refractivity contribution is 7.10. The van der Waals surface area contributed by atoms with Crippen molar-refractivity contribution in [1.29, 1.82) is 0 Å². The van der Waals surface area contributed by atoms with Crippen molar-refractivity contribution in [3.63, 3.8) is 0 Å². The molecule has 3 rings (SSSR count). The van der Waals surface area contributed by atoms with Gasteiger partial charge < -0.3 is 9.47 Å². The van der Waals surface area contributed by atoms with Crippen LogP contribution in [-0.2, 0) is 4.79 Å². The Morgan fingerprint density at radius 3 is 2.42 bits per heavy atom. The zero-order chi connectivity index (χ0) is 18.4. The van der Waals surface area contributed by atoms with Gasteiger partial charge in [0.15, 0.2) is 12.4 Å². The first-order valence-corrected chi connectivity index (χ1v) is 8.66. The Bertz CT molecular complexity index is 866. The number of aromatic nitrogens is 2. The Balaban J connectivity index is 1.55. The van der Waals surface area contributed by atoms with E-state index in [4.69, 9.17) is 9.47 Å². The van der Waals surface area contributed by atoms with Crippen molar-refractivity contribution in [2.75, 3.05) is 18.5 Å². The number of halogens is 1. The number of hydrogen-bond donors (Lipinski definition) is 1. The van der Waals surface area contributed by atoms with Gasteiger partial charge in [0.25, 0.3) is 5.91 Å². The molecule has 8 heteroatoms. The van der Waals surface area contributed by atoms with Crippen LogP contribution in [0.15, 0.2) is 48.5 Å². The highest BCUT2D eigenvalue weighted by Gasteiger charge is 2.10. The van der Waals surface area contributed by atoms with Crippen molar-refractivity contribution in [1.82, 2.24) is 9.36 Å². The summed E-state index contributed by atoms with van der Waals surface area (Å²) in [5, 5.41) is 3.00. The monoisotopic (exact) mass is 373 g/mol. The number of benzene rings is 2. The van der Waals surface area contributed by atoms with Crippen LogP contribution in [0.25, 0.3) is 11.4 Å². The third kappa shape index (κ3) is 4.76. The Kier molecular flexibility index (Phi) is 5.75. The summed E-state index contributed by atoms with van der Waals surface area (Å²) in [5.41, 5.74) is 0.827. The van der Waals surface area contributed by atoms with Gasteiger partial charge in [-0.2, -0.15) is 9.36 Å². The van der Waals surface area contributed by atoms with Gasteiger partial charge in [0.05, 0.1) is 6.61 Å². The van der Waals surface area contributed by atoms with E-state index < -0.39 is 0 Å². The number of amides is 1. The topological polar surface area (TPSA) is 73.3 Å². The molecule has 26 heavy (non-hydrogen) atoms. The normalized spacial score (nSPS) is 10.4. The lowest BCUT2D eigenvalue weighted by molar-refractivity contribution is -0.118. The molecule has 0 bridgehead atoms. The fraction of sp³-hybridized carbons (Fsp3) is 0.167. The van der Waals surface area contributed by atoms with Crippen molar-refractivity contribution < 1.29 is 18.7 Å². The van der Waals surface area contributed by atoms with Crippen molar-refractivity contribution in [3.05, 3.63) is 54.3 Å². The molecule has 1 amide bonds. The number of rotatable bonds is 7. The number of nitrogens with zero attached hydrogens (tertiary/aromatic N) is 2. The average Bonchev–Trinajstić information content (AvgIpc) is 3.10. The Hall–Kier alpha value is -3.00. The summed E-state index contributed by atoms with van der Waals surface area (Å²) in [6.45, 7) is 2.32. The summed E-state index contributed by atoms with van der Waals surface area (Å²) < 4.78 is 27.7. The number of hydrogen-bond acceptors (Lipinski definition) is 6. The third-order valence-corrected chi connectivity index (χ3v) is 3.91. The molecule has 0 atom stereocenters. The van der Waals surface area contributed by atoms with Gasteiger partial charge in [-0.05, 0) is 55.5 Å². The van der Waals surface area contributed by atoms with Crippen LogP contribution in [0.4, 0.5) is 9.52 Å². The van der Waals surface area contributed by atoms with Gasteiger partial charge >= 0.3 is 0 Å². The Morgan fingerprint density at radius 2 is 1.73 bits per heavy atom. The molecule has 6 nitrogen and oxygen atoms in total. The van der Waals surface area contributed by atoms with Crippen molar-refractivity contribution >= 4 is 22.6 Å². The first-order valence-electron chi connectivity index (χ1n) is 7.89. The molecule has 0 saturated carbocycles. The van der Waals surface area contributed by atoms with Crippen LogP contribution in [0, 0.1) is 5.82 Å². The fourth-order valence-electron chi connectivity index (χ4n) is 2.09. The van der Waals surface area contributed by atoms with Crippen LogP contribution in [0.3, 0.4) is 0 Å². The van der Waals surface area contributed by atoms with Crippen molar-refractivity contribution in [3.8, 4) is 22.9 Å². The van der Waals surface area contributed by atoms with Crippen LogP contribution >= 0.6 is 11.5 Å². The standard InChI is InChI=1S/C18H16FN3O3S/c1-2-24-14-7-3-12(4-8-14)17-21-18(26-22-17)20-16(23)11-25-15-9-5-13(19)6-10-15/h3-10H,2,11H2,1H3,(H,20,21,22,23). The highest BCUT2D eigenvalue weighted by Crippen LogP contribution is 2.23. The summed E-state index contributed by atoms with van der Waals surface area (Å²) in [7, 11) is 0. The van der Waals surface area contributed by atoms with Crippen LogP contribution in [0.1, 0.15) is 6.92 Å². The summed E-state index contributed by atoms with van der Waals surface area (Å²) in [6.07, 6.45) is 0. The summed E-state index contributed by atoms with van der Waals surface area (Å²) >= 11 is 1.08. The molecular formula is C18H16FN3O3S. The average molecular weight is 373 g/mol. The quantitative estimate of drug-likeness (QED) is 0.683. The van der Waals surface area contributed by atoms with E-state index in [1.165, 1.54) is 24.3 Å². The van der Waals surface area contributed by atoms with E-state index in [0.717, 1.165) is 22.8 Å². The number of carbonyl (C=O) groups is 1. The van der Waals surface area contributed by atoms with E-state index in [1.54, 1.807) is 0 Å². The van der Waals surface area contributed by atoms with Gasteiger partial charge in [-0.3, -0.25) is 10.1 Å². The van der Waals surface area contributed by atoms with Crippen LogP contribution in [-0.4, -0.2) is 28.5 Å². The molecule has 2 aromatic carbocycles. The summed E-state index contributed by atoms with van der Waals surface area (Å²) in [4.78, 5) is 16.2. The van der Waals surface area contributed by atoms with E-state index in [-0.39, 0.29) is 18.3 Å². The molecule has 0 unspecified atom stereocenters. The minimum absolute atomic E-state index is 0.205. The SMILES string of the molecule is CCOc1ccc(-c2nsc(NC(=O)COc3ccc(F)cc3)n2)cc1. The molecule has 1 heterocycles. The molecular weight excluding hydrogens is 357 g/mol. The van der Waals surface area contributed by atoms with Gasteiger partial charge in [0, 0.05) is 17.1 Å². The fourth-order valence-corrected chi connectivity index (χ4v) is 2.70. The molecule has 1 N–H and O–H groups in total. The minimum atomic E-state index is -0.372. The van der Waals surface area contributed by atoms with Crippen LogP contribution < -0.4 is 14.8 Å². The molecule has 0 fully saturated rings. The smallest absolute Gasteiger partial charge is 0.264 e. The van der Waals surface area contributed by atoms with Crippen LogP contribution in [0.2, 0.25) is 0 Å². The molecule has 0 radical (unpaired) electrons. The molecule has 0 aliphatic heterocycles. The highest BCUT2D eigenvalue weighted by atomic mass is 32.1. The molecule has 1 aromatic heterocycles. The maximum atomic E-state index is 12.8. The minimum Gasteiger partial charge on any atom is -0.494 e. The van der Waals surface area contributed by atoms with Gasteiger partial charge in [0.1, 0.15) is 17.3 Å². The second kappa shape index (κ2) is 8.39. The van der Waals surface area contributed by atoms with E-state index in [1.807, 2.05) is 31.2 Å². The molecule has 134 valence electrons. The zero-order valence-corrected chi connectivity index (χ0v) is 14.8. The van der Waals surface area contributed by atoms with E-state index >= 15 is 0 Å². The van der Waals surface area contributed by atoms with Gasteiger partial charge in [-0.15, -0.1) is 0 Å². The van der Waals surface area contributed by atoms with E-state index in [2.05, 4.69) is 14.7 Å². The molecule has 0 saturated heterocycles. The maximum absolute atomic E-state index is 12.8. The van der Waals surface area contributed by atoms with Gasteiger partial charge in [0.2, 0.25) is 5.13 Å². The van der Waals surface area contributed by atoms with Gasteiger partial charge in [-0.25, -0.2) is 4.39 Å². The van der Waals surface area contributed by atoms with Crippen LogP contribution in [0.5, 0.6) is 11.5 Å². The molecule has 0 aliphatic carbocycles. The summed E-state index contributed by atoms with van der Waals surface area (Å²) in [6, 6.07) is 12.8. The second-order valence-corrected chi connectivity index (χ2v) is 5.92. The number of carbonyl (C=O) groups excluding carboxylic acids is 1. The first kappa shape index (κ1) is 17.8. The van der Waals surface area contributed by atoms with E-state index in [9.17, 15) is 9.18 Å². The molecule has 0 spiro atoms. The van der Waals surface area contributed by atoms with Crippen molar-refractivity contribution in [2.45, 2.75) is 6.92 Å². The second-order valence-electron chi connectivity index (χ2n) is 5.17. The largest absolute Gasteiger partial charge is 0.494 e. The lowest BCUT2D eigenvalue weighted by atomic mass is 10.2. The number of ether oxygens (including phenoxy) is 2. The van der Waals surface area contributed by atoms with Gasteiger partial charge in [-0.1, -0.05) is 0 Å². The first-order chi connectivity index (χ1) is 12.6. The third-order valence-electron chi connectivity index (χ3n) is 3.28. The number of anilines is 1. The van der Waals surface area contributed by atoms with E-state index in [0.29, 0.717) is 23.3 Å². The number of nitrogens with one attached hydrogen (secondary N) is 1.